The third-order valence-electron chi connectivity index (χ3n) is 5.76. The molecule has 0 atom stereocenters. The van der Waals surface area contributed by atoms with Gasteiger partial charge in [-0.1, -0.05) is 103 Å². The van der Waals surface area contributed by atoms with Gasteiger partial charge in [0.05, 0.1) is 0 Å². The van der Waals surface area contributed by atoms with E-state index in [1.807, 2.05) is 72.8 Å². The molecule has 0 radical (unpaired) electrons. The third-order valence-corrected chi connectivity index (χ3v) is 6.09. The van der Waals surface area contributed by atoms with Gasteiger partial charge in [-0.2, -0.15) is 0 Å². The van der Waals surface area contributed by atoms with Crippen molar-refractivity contribution in [3.05, 3.63) is 114 Å². The Morgan fingerprint density at radius 3 is 1.76 bits per heavy atom. The Balaban J connectivity index is 1.56. The second-order valence-corrected chi connectivity index (χ2v) is 8.32. The molecule has 0 aliphatic carbocycles. The van der Waals surface area contributed by atoms with Crippen LogP contribution in [0.2, 0.25) is 5.02 Å². The summed E-state index contributed by atoms with van der Waals surface area (Å²) in [5.74, 6) is 1.93. The Hall–Kier alpha value is -4.08. The van der Waals surface area contributed by atoms with Crippen LogP contribution in [0, 0.1) is 0 Å². The van der Waals surface area contributed by atoms with Gasteiger partial charge < -0.3 is 0 Å². The molecule has 156 valence electrons. The molecule has 0 amide bonds. The van der Waals surface area contributed by atoms with E-state index in [1.54, 1.807) is 0 Å². The van der Waals surface area contributed by atoms with E-state index in [-0.39, 0.29) is 0 Å². The quantitative estimate of drug-likeness (QED) is 0.279. The summed E-state index contributed by atoms with van der Waals surface area (Å²) in [5, 5.41) is 5.13. The lowest BCUT2D eigenvalue weighted by atomic mass is 10.1. The van der Waals surface area contributed by atoms with Crippen LogP contribution >= 0.6 is 11.6 Å². The summed E-state index contributed by atoms with van der Waals surface area (Å²) in [6.07, 6.45) is 0. The highest BCUT2D eigenvalue weighted by molar-refractivity contribution is 6.35. The van der Waals surface area contributed by atoms with Crippen LogP contribution in [0.4, 0.5) is 0 Å². The van der Waals surface area contributed by atoms with Crippen LogP contribution in [0.5, 0.6) is 0 Å². The zero-order valence-corrected chi connectivity index (χ0v) is 18.4. The molecule has 0 bridgehead atoms. The summed E-state index contributed by atoms with van der Waals surface area (Å²) in [7, 11) is 0. The monoisotopic (exact) mass is 443 g/mol. The van der Waals surface area contributed by atoms with Gasteiger partial charge in [0.1, 0.15) is 0 Å². The molecule has 0 spiro atoms. The van der Waals surface area contributed by atoms with E-state index in [9.17, 15) is 0 Å². The molecule has 0 N–H and O–H groups in total. The van der Waals surface area contributed by atoms with Crippen molar-refractivity contribution in [1.82, 2.24) is 15.0 Å². The van der Waals surface area contributed by atoms with Crippen molar-refractivity contribution < 1.29 is 0 Å². The van der Waals surface area contributed by atoms with Crippen LogP contribution in [-0.2, 0) is 0 Å². The van der Waals surface area contributed by atoms with E-state index in [0.29, 0.717) is 17.5 Å². The van der Waals surface area contributed by atoms with Gasteiger partial charge >= 0.3 is 0 Å². The Morgan fingerprint density at radius 1 is 0.424 bits per heavy atom. The Morgan fingerprint density at radius 2 is 1.00 bits per heavy atom. The molecule has 33 heavy (non-hydrogen) atoms. The fourth-order valence-corrected chi connectivity index (χ4v) is 4.31. The van der Waals surface area contributed by atoms with Gasteiger partial charge in [-0.3, -0.25) is 0 Å². The van der Waals surface area contributed by atoms with Crippen LogP contribution in [0.3, 0.4) is 0 Å². The number of hydrogen-bond acceptors (Lipinski definition) is 3. The maximum absolute atomic E-state index is 6.37. The molecule has 5 aromatic carbocycles. The van der Waals surface area contributed by atoms with Crippen molar-refractivity contribution in [2.75, 3.05) is 0 Å². The highest BCUT2D eigenvalue weighted by atomic mass is 35.5. The number of nitrogens with zero attached hydrogens (tertiary/aromatic N) is 3. The average Bonchev–Trinajstić information content (AvgIpc) is 2.88. The minimum Gasteiger partial charge on any atom is -0.208 e. The average molecular weight is 444 g/mol. The number of aromatic nitrogens is 3. The van der Waals surface area contributed by atoms with Crippen molar-refractivity contribution in [2.45, 2.75) is 0 Å². The van der Waals surface area contributed by atoms with E-state index in [0.717, 1.165) is 37.9 Å². The summed E-state index contributed by atoms with van der Waals surface area (Å²) in [6, 6.07) is 36.6. The van der Waals surface area contributed by atoms with Gasteiger partial charge in [0.25, 0.3) is 0 Å². The first kappa shape index (κ1) is 19.6. The molecule has 1 heterocycles. The molecule has 0 aliphatic heterocycles. The molecule has 4 heteroatoms. The third kappa shape index (κ3) is 3.73. The smallest absolute Gasteiger partial charge is 0.164 e. The van der Waals surface area contributed by atoms with E-state index in [4.69, 9.17) is 26.6 Å². The number of benzene rings is 5. The topological polar surface area (TPSA) is 38.7 Å². The zero-order valence-electron chi connectivity index (χ0n) is 17.6. The maximum Gasteiger partial charge on any atom is 0.164 e. The van der Waals surface area contributed by atoms with Gasteiger partial charge in [0.15, 0.2) is 17.5 Å². The van der Waals surface area contributed by atoms with Crippen LogP contribution < -0.4 is 0 Å². The second kappa shape index (κ2) is 8.12. The highest BCUT2D eigenvalue weighted by Crippen LogP contribution is 2.30. The fourth-order valence-electron chi connectivity index (χ4n) is 4.06. The zero-order chi connectivity index (χ0) is 22.2. The SMILES string of the molecule is Clc1cccc2cc(-c3nc(-c4ccccc4)nc(-c4ccc5ccccc5c4)n3)ccc12. The van der Waals surface area contributed by atoms with Gasteiger partial charge in [-0.25, -0.2) is 15.0 Å². The Kier molecular flexibility index (Phi) is 4.82. The minimum absolute atomic E-state index is 0.633. The number of halogens is 1. The molecule has 0 aliphatic rings. The van der Waals surface area contributed by atoms with E-state index < -0.39 is 0 Å². The van der Waals surface area contributed by atoms with E-state index in [2.05, 4.69) is 36.4 Å². The second-order valence-electron chi connectivity index (χ2n) is 7.91. The van der Waals surface area contributed by atoms with E-state index in [1.165, 1.54) is 5.39 Å². The maximum atomic E-state index is 6.37. The van der Waals surface area contributed by atoms with Crippen molar-refractivity contribution in [2.24, 2.45) is 0 Å². The van der Waals surface area contributed by atoms with Crippen LogP contribution in [0.15, 0.2) is 109 Å². The summed E-state index contributed by atoms with van der Waals surface area (Å²) in [4.78, 5) is 14.6. The lowest BCUT2D eigenvalue weighted by Crippen LogP contribution is -2.00. The van der Waals surface area contributed by atoms with Gasteiger partial charge in [-0.15, -0.1) is 0 Å². The predicted octanol–water partition coefficient (Wildman–Crippen LogP) is 7.83. The van der Waals surface area contributed by atoms with Gasteiger partial charge in [0, 0.05) is 27.1 Å². The largest absolute Gasteiger partial charge is 0.208 e. The number of fused-ring (bicyclic) bond motifs is 2. The molecule has 0 saturated heterocycles. The molecule has 6 aromatic rings. The van der Waals surface area contributed by atoms with Crippen LogP contribution in [-0.4, -0.2) is 15.0 Å². The van der Waals surface area contributed by atoms with E-state index >= 15 is 0 Å². The van der Waals surface area contributed by atoms with Gasteiger partial charge in [0.2, 0.25) is 0 Å². The summed E-state index contributed by atoms with van der Waals surface area (Å²) < 4.78 is 0. The molecule has 3 nitrogen and oxygen atoms in total. The summed E-state index contributed by atoms with van der Waals surface area (Å²) in [6.45, 7) is 0. The Labute approximate surface area is 196 Å². The fraction of sp³-hybridized carbons (Fsp3) is 0. The molecule has 1 aromatic heterocycles. The number of rotatable bonds is 3. The van der Waals surface area contributed by atoms with Crippen molar-refractivity contribution in [3.63, 3.8) is 0 Å². The molecule has 6 rings (SSSR count). The molecule has 0 saturated carbocycles. The first-order valence-electron chi connectivity index (χ1n) is 10.7. The van der Waals surface area contributed by atoms with Crippen molar-refractivity contribution >= 4 is 33.1 Å². The molecular formula is C29H18ClN3. The van der Waals surface area contributed by atoms with Gasteiger partial charge in [-0.05, 0) is 34.4 Å². The molecule has 0 unspecified atom stereocenters. The lowest BCUT2D eigenvalue weighted by molar-refractivity contribution is 1.08. The number of hydrogen-bond donors (Lipinski definition) is 0. The summed E-state index contributed by atoms with van der Waals surface area (Å²) in [5.41, 5.74) is 2.83. The molecule has 0 fully saturated rings. The Bertz CT molecular complexity index is 1630. The summed E-state index contributed by atoms with van der Waals surface area (Å²) >= 11 is 6.37. The lowest BCUT2D eigenvalue weighted by Gasteiger charge is -2.10. The van der Waals surface area contributed by atoms with Crippen LogP contribution in [0.25, 0.3) is 55.7 Å². The molecular weight excluding hydrogens is 426 g/mol. The predicted molar refractivity (Wildman–Crippen MR) is 136 cm³/mol. The standard InChI is InChI=1S/C29H18ClN3/c30-26-12-6-11-22-18-24(15-16-25(22)26)29-32-27(20-8-2-1-3-9-20)31-28(33-29)23-14-13-19-7-4-5-10-21(19)17-23/h1-18H. The first-order chi connectivity index (χ1) is 16.2. The normalized spacial score (nSPS) is 11.2. The minimum atomic E-state index is 0.633. The first-order valence-corrected chi connectivity index (χ1v) is 11.1. The van der Waals surface area contributed by atoms with Crippen molar-refractivity contribution in [3.8, 4) is 34.2 Å². The van der Waals surface area contributed by atoms with Crippen LogP contribution in [0.1, 0.15) is 0 Å². The highest BCUT2D eigenvalue weighted by Gasteiger charge is 2.13. The van der Waals surface area contributed by atoms with Crippen molar-refractivity contribution in [1.29, 1.82) is 0 Å².